The Balaban J connectivity index is 1.63. The molecular weight excluding hydrogens is 290 g/mol. The molecule has 1 aliphatic carbocycles. The minimum Gasteiger partial charge on any atom is -0.427 e. The third-order valence-electron chi connectivity index (χ3n) is 5.02. The molecule has 1 aromatic carbocycles. The van der Waals surface area contributed by atoms with E-state index in [4.69, 9.17) is 4.42 Å². The Labute approximate surface area is 134 Å². The molecule has 1 amide bonds. The third kappa shape index (κ3) is 2.38. The van der Waals surface area contributed by atoms with E-state index in [0.29, 0.717) is 19.0 Å². The van der Waals surface area contributed by atoms with Crippen molar-refractivity contribution < 1.29 is 9.21 Å². The van der Waals surface area contributed by atoms with Gasteiger partial charge in [0.2, 0.25) is 0 Å². The molecule has 4 nitrogen and oxygen atoms in total. The highest BCUT2D eigenvalue weighted by molar-refractivity contribution is 5.95. The summed E-state index contributed by atoms with van der Waals surface area (Å²) in [5.41, 5.74) is 2.71. The predicted molar refractivity (Wildman–Crippen MR) is 86.3 cm³/mol. The van der Waals surface area contributed by atoms with Crippen molar-refractivity contribution in [3.05, 3.63) is 68.8 Å². The van der Waals surface area contributed by atoms with Crippen LogP contribution in [0.3, 0.4) is 0 Å². The fraction of sp³-hybridized carbons (Fsp3) is 0.368. The number of aryl methyl sites for hydroxylation is 1. The number of hydrogen-bond donors (Lipinski definition) is 0. The molecule has 4 rings (SSSR count). The van der Waals surface area contributed by atoms with Crippen molar-refractivity contribution in [3.8, 4) is 0 Å². The van der Waals surface area contributed by atoms with E-state index in [2.05, 4.69) is 0 Å². The molecule has 1 aromatic heterocycles. The van der Waals surface area contributed by atoms with Crippen LogP contribution >= 0.6 is 0 Å². The summed E-state index contributed by atoms with van der Waals surface area (Å²) in [6, 6.07) is 9.87. The number of rotatable bonds is 2. The lowest BCUT2D eigenvalue weighted by Crippen LogP contribution is -2.31. The normalized spacial score (nSPS) is 17.0. The van der Waals surface area contributed by atoms with E-state index in [1.165, 1.54) is 6.42 Å². The number of carbonyl (C=O) groups is 1. The van der Waals surface area contributed by atoms with Gasteiger partial charge >= 0.3 is 5.63 Å². The summed E-state index contributed by atoms with van der Waals surface area (Å²) in [6.07, 6.45) is 3.31. The highest BCUT2D eigenvalue weighted by atomic mass is 16.4. The maximum absolute atomic E-state index is 12.8. The summed E-state index contributed by atoms with van der Waals surface area (Å²) in [6.45, 7) is 2.94. The highest BCUT2D eigenvalue weighted by Crippen LogP contribution is 2.36. The second-order valence-electron chi connectivity index (χ2n) is 6.55. The average Bonchev–Trinajstić information content (AvgIpc) is 2.88. The van der Waals surface area contributed by atoms with Crippen LogP contribution in [-0.4, -0.2) is 10.8 Å². The fourth-order valence-electron chi connectivity index (χ4n) is 3.42. The minimum atomic E-state index is -0.493. The van der Waals surface area contributed by atoms with Crippen LogP contribution < -0.4 is 5.63 Å². The Morgan fingerprint density at radius 3 is 2.35 bits per heavy atom. The summed E-state index contributed by atoms with van der Waals surface area (Å²) in [4.78, 5) is 26.9. The van der Waals surface area contributed by atoms with Crippen LogP contribution in [-0.2, 0) is 13.1 Å². The van der Waals surface area contributed by atoms with Crippen molar-refractivity contribution in [1.82, 2.24) is 4.90 Å². The third-order valence-corrected chi connectivity index (χ3v) is 5.02. The number of amides is 1. The van der Waals surface area contributed by atoms with Gasteiger partial charge in [-0.15, -0.1) is 0 Å². The standard InChI is InChI=1S/C19H19NO3/c1-12-9-16(13-7-4-8-13)23-19(22)17(12)18(21)20-10-14-5-2-3-6-15(14)11-20/h2-3,5-6,9,13H,4,7-8,10-11H2,1H3. The van der Waals surface area contributed by atoms with E-state index >= 15 is 0 Å². The second-order valence-corrected chi connectivity index (χ2v) is 6.55. The molecule has 0 N–H and O–H groups in total. The molecule has 1 saturated carbocycles. The highest BCUT2D eigenvalue weighted by Gasteiger charge is 2.29. The van der Waals surface area contributed by atoms with Crippen LogP contribution in [0.15, 0.2) is 39.5 Å². The average molecular weight is 309 g/mol. The molecule has 1 aliphatic heterocycles. The summed E-state index contributed by atoms with van der Waals surface area (Å²) in [5, 5.41) is 0. The first-order valence-electron chi connectivity index (χ1n) is 8.14. The smallest absolute Gasteiger partial charge is 0.349 e. The van der Waals surface area contributed by atoms with E-state index < -0.39 is 5.63 Å². The molecule has 2 aliphatic rings. The minimum absolute atomic E-state index is 0.181. The Bertz CT molecular complexity index is 808. The number of nitrogens with zero attached hydrogens (tertiary/aromatic N) is 1. The van der Waals surface area contributed by atoms with Gasteiger partial charge in [0.25, 0.3) is 5.91 Å². The maximum Gasteiger partial charge on any atom is 0.349 e. The second kappa shape index (κ2) is 5.37. The van der Waals surface area contributed by atoms with E-state index in [9.17, 15) is 9.59 Å². The van der Waals surface area contributed by atoms with Gasteiger partial charge in [0, 0.05) is 19.0 Å². The van der Waals surface area contributed by atoms with E-state index in [1.54, 1.807) is 4.90 Å². The van der Waals surface area contributed by atoms with E-state index in [0.717, 1.165) is 35.3 Å². The predicted octanol–water partition coefficient (Wildman–Crippen LogP) is 3.37. The Hall–Kier alpha value is -2.36. The van der Waals surface area contributed by atoms with Crippen molar-refractivity contribution in [3.63, 3.8) is 0 Å². The molecule has 2 heterocycles. The molecule has 2 aromatic rings. The number of carbonyl (C=O) groups excluding carboxylic acids is 1. The molecule has 0 bridgehead atoms. The molecular formula is C19H19NO3. The van der Waals surface area contributed by atoms with Gasteiger partial charge in [-0.1, -0.05) is 30.7 Å². The van der Waals surface area contributed by atoms with Crippen LogP contribution in [0.5, 0.6) is 0 Å². The zero-order chi connectivity index (χ0) is 16.0. The zero-order valence-corrected chi connectivity index (χ0v) is 13.2. The molecule has 0 spiro atoms. The van der Waals surface area contributed by atoms with Gasteiger partial charge in [0.1, 0.15) is 11.3 Å². The topological polar surface area (TPSA) is 50.5 Å². The summed E-state index contributed by atoms with van der Waals surface area (Å²) < 4.78 is 5.45. The van der Waals surface area contributed by atoms with Crippen LogP contribution in [0.2, 0.25) is 0 Å². The number of hydrogen-bond acceptors (Lipinski definition) is 3. The van der Waals surface area contributed by atoms with Crippen molar-refractivity contribution in [2.75, 3.05) is 0 Å². The van der Waals surface area contributed by atoms with Gasteiger partial charge in [-0.25, -0.2) is 4.79 Å². The quantitative estimate of drug-likeness (QED) is 0.854. The first-order valence-corrected chi connectivity index (χ1v) is 8.14. The Morgan fingerprint density at radius 2 is 1.83 bits per heavy atom. The van der Waals surface area contributed by atoms with Gasteiger partial charge < -0.3 is 9.32 Å². The van der Waals surface area contributed by atoms with Crippen LogP contribution in [0, 0.1) is 6.92 Å². The summed E-state index contributed by atoms with van der Waals surface area (Å²) in [5.74, 6) is 0.856. The molecule has 1 fully saturated rings. The summed E-state index contributed by atoms with van der Waals surface area (Å²) in [7, 11) is 0. The van der Waals surface area contributed by atoms with Crippen molar-refractivity contribution in [2.24, 2.45) is 0 Å². The van der Waals surface area contributed by atoms with E-state index in [-0.39, 0.29) is 11.5 Å². The molecule has 0 radical (unpaired) electrons. The first kappa shape index (κ1) is 14.2. The molecule has 4 heteroatoms. The van der Waals surface area contributed by atoms with Crippen LogP contribution in [0.4, 0.5) is 0 Å². The largest absolute Gasteiger partial charge is 0.427 e. The SMILES string of the molecule is Cc1cc(C2CCC2)oc(=O)c1C(=O)N1Cc2ccccc2C1. The maximum atomic E-state index is 12.8. The van der Waals surface area contributed by atoms with Crippen LogP contribution in [0.1, 0.15) is 58.0 Å². The van der Waals surface area contributed by atoms with Gasteiger partial charge in [0.05, 0.1) is 0 Å². The lowest BCUT2D eigenvalue weighted by Gasteiger charge is -2.24. The fourth-order valence-corrected chi connectivity index (χ4v) is 3.42. The first-order chi connectivity index (χ1) is 11.1. The van der Waals surface area contributed by atoms with Gasteiger partial charge in [-0.05, 0) is 42.5 Å². The molecule has 118 valence electrons. The van der Waals surface area contributed by atoms with Gasteiger partial charge in [-0.3, -0.25) is 4.79 Å². The van der Waals surface area contributed by atoms with Crippen molar-refractivity contribution >= 4 is 5.91 Å². The zero-order valence-electron chi connectivity index (χ0n) is 13.2. The van der Waals surface area contributed by atoms with Gasteiger partial charge in [0.15, 0.2) is 0 Å². The lowest BCUT2D eigenvalue weighted by atomic mass is 9.83. The molecule has 0 unspecified atom stereocenters. The molecule has 0 atom stereocenters. The van der Waals surface area contributed by atoms with Crippen molar-refractivity contribution in [1.29, 1.82) is 0 Å². The Morgan fingerprint density at radius 1 is 1.17 bits per heavy atom. The van der Waals surface area contributed by atoms with Crippen LogP contribution in [0.25, 0.3) is 0 Å². The molecule has 0 saturated heterocycles. The number of benzene rings is 1. The van der Waals surface area contributed by atoms with Crippen molar-refractivity contribution in [2.45, 2.75) is 45.2 Å². The Kier molecular flexibility index (Phi) is 3.33. The van der Waals surface area contributed by atoms with E-state index in [1.807, 2.05) is 37.3 Å². The number of fused-ring (bicyclic) bond motifs is 1. The van der Waals surface area contributed by atoms with Gasteiger partial charge in [-0.2, -0.15) is 0 Å². The monoisotopic (exact) mass is 309 g/mol. The molecule has 23 heavy (non-hydrogen) atoms. The summed E-state index contributed by atoms with van der Waals surface area (Å²) >= 11 is 0. The lowest BCUT2D eigenvalue weighted by molar-refractivity contribution is 0.0745.